The summed E-state index contributed by atoms with van der Waals surface area (Å²) < 4.78 is 47.2. The average Bonchev–Trinajstić information content (AvgIpc) is 3.88. The lowest BCUT2D eigenvalue weighted by Crippen LogP contribution is -2.44. The number of nitrogens with zero attached hydrogens (tertiary/aromatic N) is 2. The number of amides is 3. The van der Waals surface area contributed by atoms with E-state index < -0.39 is 64.2 Å². The van der Waals surface area contributed by atoms with Gasteiger partial charge < -0.3 is 30.2 Å². The van der Waals surface area contributed by atoms with Crippen LogP contribution in [0.1, 0.15) is 50.6 Å². The molecule has 1 aliphatic rings. The van der Waals surface area contributed by atoms with Crippen LogP contribution in [0.2, 0.25) is 0 Å². The summed E-state index contributed by atoms with van der Waals surface area (Å²) in [6.07, 6.45) is 3.02. The highest BCUT2D eigenvalue weighted by atomic mass is 32.2. The molecular formula is C36H35FN4O10S. The number of likely N-dealkylation sites (N-methyl/N-ethyl adjacent to an activating group) is 1. The van der Waals surface area contributed by atoms with Crippen molar-refractivity contribution < 1.29 is 51.4 Å². The normalized spacial score (nSPS) is 13.0. The number of sulfonamides is 1. The molecule has 3 aromatic carbocycles. The molecule has 52 heavy (non-hydrogen) atoms. The molecule has 1 heterocycles. The topological polar surface area (TPSA) is 204 Å². The fourth-order valence-corrected chi connectivity index (χ4v) is 6.39. The number of aliphatic carboxylic acids is 1. The third kappa shape index (κ3) is 8.46. The minimum Gasteiger partial charge on any atom is -0.502 e. The van der Waals surface area contributed by atoms with E-state index in [0.29, 0.717) is 28.2 Å². The third-order valence-corrected chi connectivity index (χ3v) is 9.48. The maximum Gasteiger partial charge on any atom is 0.371 e. The number of nitrogens with one attached hydrogen (secondary N) is 2. The lowest BCUT2D eigenvalue weighted by molar-refractivity contribution is -0.135. The van der Waals surface area contributed by atoms with Crippen molar-refractivity contribution in [3.05, 3.63) is 101 Å². The number of halogens is 1. The second-order valence-electron chi connectivity index (χ2n) is 12.3. The summed E-state index contributed by atoms with van der Waals surface area (Å²) in [5, 5.41) is 23.8. The standard InChI is InChI=1S/C36H35FN4O10S/c1-38-35(46)33-26-14-25(21-7-8-21)27(15-30(26)51-34(33)22-9-11-24(37)12-10-22)41(52(3,49)50)19-32(45)40(2)18-31(44)39-17-20-5-4-6-23(13-20)28(42)16-29(43)36(47)48/h4-6,9-16,21,43H,7-8,17-19H2,1-3H3,(H,38,46)(H,39,44)(H,47,48). The highest BCUT2D eigenvalue weighted by Crippen LogP contribution is 2.48. The van der Waals surface area contributed by atoms with E-state index in [1.54, 1.807) is 12.1 Å². The van der Waals surface area contributed by atoms with Crippen molar-refractivity contribution in [1.82, 2.24) is 15.5 Å². The Kier molecular flexibility index (Phi) is 10.8. The van der Waals surface area contributed by atoms with E-state index in [1.807, 2.05) is 0 Å². The number of benzene rings is 3. The number of aliphatic hydroxyl groups excluding tert-OH is 1. The number of fused-ring (bicyclic) bond motifs is 1. The molecule has 0 saturated heterocycles. The van der Waals surface area contributed by atoms with Gasteiger partial charge in [0.2, 0.25) is 27.6 Å². The number of ketones is 1. The van der Waals surface area contributed by atoms with Gasteiger partial charge in [-0.05, 0) is 66.3 Å². The zero-order chi connectivity index (χ0) is 37.9. The average molecular weight is 735 g/mol. The molecule has 1 aromatic heterocycles. The zero-order valence-electron chi connectivity index (χ0n) is 28.3. The number of hydrogen-bond donors (Lipinski definition) is 4. The molecule has 14 nitrogen and oxygen atoms in total. The zero-order valence-corrected chi connectivity index (χ0v) is 29.1. The number of allylic oxidation sites excluding steroid dienone is 1. The van der Waals surface area contributed by atoms with Crippen molar-refractivity contribution in [2.24, 2.45) is 0 Å². The van der Waals surface area contributed by atoms with Crippen LogP contribution in [0, 0.1) is 5.82 Å². The number of carbonyl (C=O) groups is 5. The largest absolute Gasteiger partial charge is 0.502 e. The SMILES string of the molecule is CNC(=O)c1c(-c2ccc(F)cc2)oc2cc(N(CC(=O)N(C)CC(=O)NCc3cccc(C(=O)C=C(O)C(=O)O)c3)S(C)(=O)=O)c(C3CC3)cc12. The van der Waals surface area contributed by atoms with E-state index in [2.05, 4.69) is 10.6 Å². The fourth-order valence-electron chi connectivity index (χ4n) is 5.53. The molecule has 0 aliphatic heterocycles. The first-order chi connectivity index (χ1) is 24.6. The predicted molar refractivity (Wildman–Crippen MR) is 188 cm³/mol. The number of carboxylic acid groups (broad SMARTS) is 1. The van der Waals surface area contributed by atoms with Crippen LogP contribution in [0.25, 0.3) is 22.3 Å². The van der Waals surface area contributed by atoms with Crippen molar-refractivity contribution in [2.75, 3.05) is 37.7 Å². The Hall–Kier alpha value is -6.03. The van der Waals surface area contributed by atoms with Crippen molar-refractivity contribution in [2.45, 2.75) is 25.3 Å². The lowest BCUT2D eigenvalue weighted by Gasteiger charge is -2.27. The Morgan fingerprint density at radius 3 is 2.31 bits per heavy atom. The summed E-state index contributed by atoms with van der Waals surface area (Å²) in [5.41, 5.74) is 2.12. The van der Waals surface area contributed by atoms with Crippen molar-refractivity contribution in [3.8, 4) is 11.3 Å². The Morgan fingerprint density at radius 1 is 1.00 bits per heavy atom. The van der Waals surface area contributed by atoms with Gasteiger partial charge in [-0.1, -0.05) is 18.2 Å². The van der Waals surface area contributed by atoms with E-state index in [9.17, 15) is 41.9 Å². The van der Waals surface area contributed by atoms with Gasteiger partial charge in [0.25, 0.3) is 5.91 Å². The van der Waals surface area contributed by atoms with E-state index in [1.165, 1.54) is 62.6 Å². The van der Waals surface area contributed by atoms with Crippen LogP contribution in [-0.2, 0) is 31.0 Å². The molecule has 0 spiro atoms. The van der Waals surface area contributed by atoms with E-state index in [4.69, 9.17) is 9.52 Å². The molecule has 0 radical (unpaired) electrons. The molecule has 272 valence electrons. The number of anilines is 1. The lowest BCUT2D eigenvalue weighted by atomic mass is 10.0. The monoisotopic (exact) mass is 734 g/mol. The fraction of sp³-hybridized carbons (Fsp3) is 0.250. The summed E-state index contributed by atoms with van der Waals surface area (Å²) in [4.78, 5) is 63.4. The smallest absolute Gasteiger partial charge is 0.371 e. The van der Waals surface area contributed by atoms with Crippen LogP contribution in [0.15, 0.2) is 76.9 Å². The maximum atomic E-state index is 13.7. The van der Waals surface area contributed by atoms with Crippen molar-refractivity contribution in [1.29, 1.82) is 0 Å². The molecule has 16 heteroatoms. The van der Waals surface area contributed by atoms with Gasteiger partial charge in [-0.25, -0.2) is 17.6 Å². The van der Waals surface area contributed by atoms with E-state index in [0.717, 1.165) is 28.3 Å². The number of hydrogen-bond acceptors (Lipinski definition) is 9. The first-order valence-electron chi connectivity index (χ1n) is 15.9. The van der Waals surface area contributed by atoms with E-state index >= 15 is 0 Å². The van der Waals surface area contributed by atoms with E-state index in [-0.39, 0.29) is 40.6 Å². The summed E-state index contributed by atoms with van der Waals surface area (Å²) in [6.45, 7) is -1.14. The van der Waals surface area contributed by atoms with Gasteiger partial charge in [-0.2, -0.15) is 0 Å². The van der Waals surface area contributed by atoms with Gasteiger partial charge in [-0.15, -0.1) is 0 Å². The van der Waals surface area contributed by atoms with Gasteiger partial charge in [0.15, 0.2) is 5.78 Å². The molecule has 1 saturated carbocycles. The van der Waals surface area contributed by atoms with Gasteiger partial charge >= 0.3 is 5.97 Å². The number of carboxylic acids is 1. The highest BCUT2D eigenvalue weighted by Gasteiger charge is 2.34. The molecule has 5 rings (SSSR count). The van der Waals surface area contributed by atoms with Gasteiger partial charge in [0, 0.05) is 49.3 Å². The van der Waals surface area contributed by atoms with Crippen LogP contribution in [0.4, 0.5) is 10.1 Å². The maximum absolute atomic E-state index is 13.7. The van der Waals surface area contributed by atoms with Crippen LogP contribution >= 0.6 is 0 Å². The second kappa shape index (κ2) is 15.1. The van der Waals surface area contributed by atoms with Crippen LogP contribution in [0.3, 0.4) is 0 Å². The number of aliphatic hydroxyl groups is 1. The van der Waals surface area contributed by atoms with Crippen molar-refractivity contribution >= 4 is 56.2 Å². The summed E-state index contributed by atoms with van der Waals surface area (Å²) in [5.74, 6) is -5.66. The quantitative estimate of drug-likeness (QED) is 0.0840. The second-order valence-corrected chi connectivity index (χ2v) is 14.2. The number of furan rings is 1. The predicted octanol–water partition coefficient (Wildman–Crippen LogP) is 3.73. The number of carbonyl (C=O) groups excluding carboxylic acids is 4. The molecule has 1 fully saturated rings. The molecule has 0 bridgehead atoms. The van der Waals surface area contributed by atoms with Gasteiger partial charge in [-0.3, -0.25) is 23.5 Å². The van der Waals surface area contributed by atoms with Crippen LogP contribution < -0.4 is 14.9 Å². The molecular weight excluding hydrogens is 699 g/mol. The summed E-state index contributed by atoms with van der Waals surface area (Å²) >= 11 is 0. The summed E-state index contributed by atoms with van der Waals surface area (Å²) in [6, 6.07) is 14.5. The number of rotatable bonds is 14. The van der Waals surface area contributed by atoms with Crippen LogP contribution in [0.5, 0.6) is 0 Å². The van der Waals surface area contributed by atoms with Gasteiger partial charge in [0.1, 0.15) is 23.7 Å². The molecule has 0 unspecified atom stereocenters. The molecule has 1 aliphatic carbocycles. The van der Waals surface area contributed by atoms with Crippen LogP contribution in [-0.4, -0.2) is 86.4 Å². The Balaban J connectivity index is 1.36. The molecule has 0 atom stereocenters. The van der Waals surface area contributed by atoms with Crippen molar-refractivity contribution in [3.63, 3.8) is 0 Å². The highest BCUT2D eigenvalue weighted by molar-refractivity contribution is 7.92. The molecule has 4 aromatic rings. The van der Waals surface area contributed by atoms with Gasteiger partial charge in [0.05, 0.1) is 24.1 Å². The minimum absolute atomic E-state index is 0.0448. The third-order valence-electron chi connectivity index (χ3n) is 8.36. The first-order valence-corrected chi connectivity index (χ1v) is 17.8. The molecule has 4 N–H and O–H groups in total. The first kappa shape index (κ1) is 37.2. The Labute approximate surface area is 297 Å². The Morgan fingerprint density at radius 2 is 1.69 bits per heavy atom. The Bertz CT molecular complexity index is 2230. The summed E-state index contributed by atoms with van der Waals surface area (Å²) in [7, 11) is -1.29. The minimum atomic E-state index is -4.08. The molecule has 3 amide bonds.